The van der Waals surface area contributed by atoms with Crippen molar-refractivity contribution in [3.05, 3.63) is 0 Å². The summed E-state index contributed by atoms with van der Waals surface area (Å²) in [4.78, 5) is 0. The summed E-state index contributed by atoms with van der Waals surface area (Å²) in [6.45, 7) is 2.96. The van der Waals surface area contributed by atoms with E-state index in [0.29, 0.717) is 19.6 Å². The van der Waals surface area contributed by atoms with Crippen LogP contribution in [0.3, 0.4) is 0 Å². The molecule has 4 nitrogen and oxygen atoms in total. The first-order valence-corrected chi connectivity index (χ1v) is 4.41. The predicted molar refractivity (Wildman–Crippen MR) is 40.6 cm³/mol. The summed E-state index contributed by atoms with van der Waals surface area (Å²) >= 11 is 0. The monoisotopic (exact) mass is 174 g/mol. The van der Waals surface area contributed by atoms with Crippen LogP contribution in [0, 0.1) is 0 Å². The zero-order valence-electron chi connectivity index (χ0n) is 7.03. The number of ether oxygens (including phenoxy) is 4. The van der Waals surface area contributed by atoms with Crippen molar-refractivity contribution in [2.24, 2.45) is 0 Å². The van der Waals surface area contributed by atoms with E-state index in [-0.39, 0.29) is 12.6 Å². The molecule has 0 radical (unpaired) electrons. The van der Waals surface area contributed by atoms with Crippen molar-refractivity contribution in [1.29, 1.82) is 0 Å². The Bertz CT molecular complexity index is 127. The predicted octanol–water partition coefficient (Wildman–Crippen LogP) is 0.512. The zero-order chi connectivity index (χ0) is 8.23. The van der Waals surface area contributed by atoms with E-state index in [1.165, 1.54) is 0 Å². The SMILES string of the molecule is C1COC(CC2OCCO2)OC1. The highest BCUT2D eigenvalue weighted by Gasteiger charge is 2.23. The van der Waals surface area contributed by atoms with Crippen LogP contribution in [0.4, 0.5) is 0 Å². The Morgan fingerprint density at radius 2 is 1.25 bits per heavy atom. The first kappa shape index (κ1) is 8.44. The second-order valence-corrected chi connectivity index (χ2v) is 2.93. The maximum Gasteiger partial charge on any atom is 0.162 e. The van der Waals surface area contributed by atoms with Crippen LogP contribution in [0.2, 0.25) is 0 Å². The molecular weight excluding hydrogens is 160 g/mol. The minimum Gasteiger partial charge on any atom is -0.352 e. The molecule has 70 valence electrons. The third-order valence-electron chi connectivity index (χ3n) is 1.97. The lowest BCUT2D eigenvalue weighted by Crippen LogP contribution is -2.29. The first-order valence-electron chi connectivity index (χ1n) is 4.41. The van der Waals surface area contributed by atoms with Gasteiger partial charge in [-0.3, -0.25) is 0 Å². The van der Waals surface area contributed by atoms with Gasteiger partial charge in [0.25, 0.3) is 0 Å². The Morgan fingerprint density at radius 1 is 0.750 bits per heavy atom. The molecule has 2 aliphatic heterocycles. The van der Waals surface area contributed by atoms with E-state index in [0.717, 1.165) is 19.6 Å². The Hall–Kier alpha value is -0.160. The third kappa shape index (κ3) is 2.17. The third-order valence-corrected chi connectivity index (χ3v) is 1.97. The van der Waals surface area contributed by atoms with Crippen LogP contribution < -0.4 is 0 Å². The quantitative estimate of drug-likeness (QED) is 0.611. The van der Waals surface area contributed by atoms with Gasteiger partial charge in [0, 0.05) is 6.42 Å². The molecule has 0 saturated carbocycles. The Labute approximate surface area is 71.7 Å². The smallest absolute Gasteiger partial charge is 0.162 e. The van der Waals surface area contributed by atoms with Gasteiger partial charge in [-0.2, -0.15) is 0 Å². The molecule has 0 amide bonds. The molecule has 0 spiro atoms. The van der Waals surface area contributed by atoms with Gasteiger partial charge in [-0.15, -0.1) is 0 Å². The summed E-state index contributed by atoms with van der Waals surface area (Å²) in [5.41, 5.74) is 0. The molecule has 2 rings (SSSR count). The van der Waals surface area contributed by atoms with E-state index >= 15 is 0 Å². The summed E-state index contributed by atoms with van der Waals surface area (Å²) in [6.07, 6.45) is 1.44. The molecule has 12 heavy (non-hydrogen) atoms. The van der Waals surface area contributed by atoms with E-state index in [9.17, 15) is 0 Å². The molecule has 0 atom stereocenters. The molecule has 0 aromatic rings. The summed E-state index contributed by atoms with van der Waals surface area (Å²) in [7, 11) is 0. The van der Waals surface area contributed by atoms with Gasteiger partial charge in [0.15, 0.2) is 12.6 Å². The van der Waals surface area contributed by atoms with Gasteiger partial charge in [0.2, 0.25) is 0 Å². The van der Waals surface area contributed by atoms with E-state index in [1.807, 2.05) is 0 Å². The van der Waals surface area contributed by atoms with Crippen LogP contribution in [0.5, 0.6) is 0 Å². The van der Waals surface area contributed by atoms with E-state index in [2.05, 4.69) is 0 Å². The average Bonchev–Trinajstić information content (AvgIpc) is 2.59. The highest BCUT2D eigenvalue weighted by molar-refractivity contribution is 4.58. The molecule has 0 aromatic heterocycles. The van der Waals surface area contributed by atoms with Crippen molar-refractivity contribution in [3.8, 4) is 0 Å². The van der Waals surface area contributed by atoms with Crippen LogP contribution >= 0.6 is 0 Å². The lowest BCUT2D eigenvalue weighted by molar-refractivity contribution is -0.209. The summed E-state index contributed by atoms with van der Waals surface area (Å²) in [5, 5.41) is 0. The molecule has 2 aliphatic rings. The maximum absolute atomic E-state index is 5.36. The first-order chi connectivity index (χ1) is 5.95. The van der Waals surface area contributed by atoms with Crippen LogP contribution in [-0.4, -0.2) is 39.0 Å². The van der Waals surface area contributed by atoms with E-state index in [4.69, 9.17) is 18.9 Å². The second-order valence-electron chi connectivity index (χ2n) is 2.93. The molecular formula is C8H14O4. The van der Waals surface area contributed by atoms with Gasteiger partial charge >= 0.3 is 0 Å². The Kier molecular flexibility index (Phi) is 2.94. The van der Waals surface area contributed by atoms with Gasteiger partial charge < -0.3 is 18.9 Å². The molecule has 0 N–H and O–H groups in total. The molecule has 4 heteroatoms. The van der Waals surface area contributed by atoms with Gasteiger partial charge in [-0.05, 0) is 6.42 Å². The average molecular weight is 174 g/mol. The molecule has 2 saturated heterocycles. The number of hydrogen-bond donors (Lipinski definition) is 0. The maximum atomic E-state index is 5.36. The lowest BCUT2D eigenvalue weighted by atomic mass is 10.3. The summed E-state index contributed by atoms with van der Waals surface area (Å²) in [5.74, 6) is 0. The minimum absolute atomic E-state index is 0.118. The Morgan fingerprint density at radius 3 is 1.83 bits per heavy atom. The number of hydrogen-bond acceptors (Lipinski definition) is 4. The van der Waals surface area contributed by atoms with Gasteiger partial charge in [-0.25, -0.2) is 0 Å². The molecule has 0 unspecified atom stereocenters. The van der Waals surface area contributed by atoms with Crippen molar-refractivity contribution in [1.82, 2.24) is 0 Å². The van der Waals surface area contributed by atoms with E-state index < -0.39 is 0 Å². The fourth-order valence-electron chi connectivity index (χ4n) is 1.37. The molecule has 0 aromatic carbocycles. The van der Waals surface area contributed by atoms with Crippen molar-refractivity contribution in [3.63, 3.8) is 0 Å². The van der Waals surface area contributed by atoms with Crippen molar-refractivity contribution < 1.29 is 18.9 Å². The summed E-state index contributed by atoms with van der Waals surface area (Å²) < 4.78 is 21.3. The van der Waals surface area contributed by atoms with Gasteiger partial charge in [-0.1, -0.05) is 0 Å². The second kappa shape index (κ2) is 4.18. The molecule has 2 fully saturated rings. The zero-order valence-corrected chi connectivity index (χ0v) is 7.03. The fourth-order valence-corrected chi connectivity index (χ4v) is 1.37. The minimum atomic E-state index is -0.123. The lowest BCUT2D eigenvalue weighted by Gasteiger charge is -2.24. The van der Waals surface area contributed by atoms with Crippen molar-refractivity contribution in [2.45, 2.75) is 25.4 Å². The molecule has 2 heterocycles. The Balaban J connectivity index is 1.69. The normalized spacial score (nSPS) is 28.0. The van der Waals surface area contributed by atoms with Gasteiger partial charge in [0.05, 0.1) is 26.4 Å². The van der Waals surface area contributed by atoms with Crippen LogP contribution in [0.1, 0.15) is 12.8 Å². The standard InChI is InChI=1S/C8H14O4/c1-2-9-7(10-3-1)6-8-11-4-5-12-8/h7-8H,1-6H2. The van der Waals surface area contributed by atoms with Crippen LogP contribution in [0.25, 0.3) is 0 Å². The highest BCUT2D eigenvalue weighted by Crippen LogP contribution is 2.16. The number of rotatable bonds is 2. The highest BCUT2D eigenvalue weighted by atomic mass is 16.7. The molecule has 0 aliphatic carbocycles. The molecule has 0 bridgehead atoms. The topological polar surface area (TPSA) is 36.9 Å². The van der Waals surface area contributed by atoms with Crippen molar-refractivity contribution in [2.75, 3.05) is 26.4 Å². The van der Waals surface area contributed by atoms with Crippen LogP contribution in [0.15, 0.2) is 0 Å². The summed E-state index contributed by atoms with van der Waals surface area (Å²) in [6, 6.07) is 0. The van der Waals surface area contributed by atoms with Crippen molar-refractivity contribution >= 4 is 0 Å². The van der Waals surface area contributed by atoms with Crippen LogP contribution in [-0.2, 0) is 18.9 Å². The largest absolute Gasteiger partial charge is 0.352 e. The fraction of sp³-hybridized carbons (Fsp3) is 1.00. The van der Waals surface area contributed by atoms with E-state index in [1.54, 1.807) is 0 Å². The van der Waals surface area contributed by atoms with Gasteiger partial charge in [0.1, 0.15) is 0 Å².